The third kappa shape index (κ3) is 3.04. The van der Waals surface area contributed by atoms with E-state index in [1.807, 2.05) is 49.4 Å². The molecule has 0 aliphatic carbocycles. The summed E-state index contributed by atoms with van der Waals surface area (Å²) in [4.78, 5) is 8.01. The molecule has 1 aromatic carbocycles. The summed E-state index contributed by atoms with van der Waals surface area (Å²) in [5.41, 5.74) is 1.60. The highest BCUT2D eigenvalue weighted by molar-refractivity contribution is 5.84. The van der Waals surface area contributed by atoms with Gasteiger partial charge in [0.2, 0.25) is 0 Å². The average Bonchev–Trinajstić information content (AvgIpc) is 2.43. The number of nitrogens with zero attached hydrogens (tertiary/aromatic N) is 2. The normalized spacial score (nSPS) is 9.61. The minimum absolute atomic E-state index is 0.246. The van der Waals surface area contributed by atoms with Crippen molar-refractivity contribution in [2.24, 2.45) is 0 Å². The lowest BCUT2D eigenvalue weighted by Crippen LogP contribution is -1.82. The lowest BCUT2D eigenvalue weighted by atomic mass is 10.2. The fraction of sp³-hybridized carbons (Fsp3) is 0.0667. The van der Waals surface area contributed by atoms with Gasteiger partial charge in [-0.25, -0.2) is 4.98 Å². The monoisotopic (exact) mass is 238 g/mol. The Kier molecular flexibility index (Phi) is 3.86. The van der Waals surface area contributed by atoms with E-state index < -0.39 is 0 Å². The van der Waals surface area contributed by atoms with Crippen LogP contribution < -0.4 is 0 Å². The maximum Gasteiger partial charge on any atom is 0.141 e. The van der Waals surface area contributed by atoms with E-state index in [0.29, 0.717) is 5.52 Å². The summed E-state index contributed by atoms with van der Waals surface area (Å²) in [5, 5.41) is 10.4. The van der Waals surface area contributed by atoms with Crippen molar-refractivity contribution in [3.05, 3.63) is 66.6 Å². The molecule has 0 spiro atoms. The average molecular weight is 238 g/mol. The van der Waals surface area contributed by atoms with Crippen LogP contribution in [0.15, 0.2) is 60.9 Å². The van der Waals surface area contributed by atoms with Gasteiger partial charge < -0.3 is 5.11 Å². The molecule has 0 atom stereocenters. The molecule has 0 bridgehead atoms. The summed E-state index contributed by atoms with van der Waals surface area (Å²) >= 11 is 0. The van der Waals surface area contributed by atoms with Crippen molar-refractivity contribution >= 4 is 10.9 Å². The van der Waals surface area contributed by atoms with E-state index >= 15 is 0 Å². The Morgan fingerprint density at radius 1 is 0.889 bits per heavy atom. The van der Waals surface area contributed by atoms with Crippen LogP contribution in [0.2, 0.25) is 0 Å². The van der Waals surface area contributed by atoms with Gasteiger partial charge in [-0.15, -0.1) is 0 Å². The van der Waals surface area contributed by atoms with E-state index in [1.54, 1.807) is 18.5 Å². The SMILES string of the molecule is Cc1ccc2cccc(O)c2n1.c1ccncc1. The molecule has 0 saturated heterocycles. The van der Waals surface area contributed by atoms with Crippen LogP contribution in [0.5, 0.6) is 5.75 Å². The van der Waals surface area contributed by atoms with Gasteiger partial charge >= 0.3 is 0 Å². The molecule has 0 aliphatic rings. The van der Waals surface area contributed by atoms with Crippen molar-refractivity contribution in [2.45, 2.75) is 6.92 Å². The number of aryl methyl sites for hydroxylation is 1. The highest BCUT2D eigenvalue weighted by atomic mass is 16.3. The molecule has 0 radical (unpaired) electrons. The molecule has 0 fully saturated rings. The van der Waals surface area contributed by atoms with Crippen LogP contribution in [-0.4, -0.2) is 15.1 Å². The lowest BCUT2D eigenvalue weighted by molar-refractivity contribution is 0.480. The smallest absolute Gasteiger partial charge is 0.141 e. The van der Waals surface area contributed by atoms with E-state index in [9.17, 15) is 5.11 Å². The molecule has 1 N–H and O–H groups in total. The first-order valence-corrected chi connectivity index (χ1v) is 5.68. The predicted molar refractivity (Wildman–Crippen MR) is 72.4 cm³/mol. The van der Waals surface area contributed by atoms with E-state index in [0.717, 1.165) is 11.1 Å². The molecule has 0 amide bonds. The Morgan fingerprint density at radius 2 is 1.67 bits per heavy atom. The van der Waals surface area contributed by atoms with Crippen molar-refractivity contribution < 1.29 is 5.11 Å². The van der Waals surface area contributed by atoms with Crippen LogP contribution in [0, 0.1) is 6.92 Å². The number of aromatic nitrogens is 2. The molecule has 0 saturated carbocycles. The predicted octanol–water partition coefficient (Wildman–Crippen LogP) is 3.33. The van der Waals surface area contributed by atoms with Crippen molar-refractivity contribution in [3.63, 3.8) is 0 Å². The number of hydrogen-bond acceptors (Lipinski definition) is 3. The summed E-state index contributed by atoms with van der Waals surface area (Å²) in [7, 11) is 0. The molecular formula is C15H14N2O. The van der Waals surface area contributed by atoms with Crippen LogP contribution in [-0.2, 0) is 0 Å². The summed E-state index contributed by atoms with van der Waals surface area (Å²) in [6.45, 7) is 1.91. The Balaban J connectivity index is 0.000000169. The van der Waals surface area contributed by atoms with E-state index in [4.69, 9.17) is 0 Å². The van der Waals surface area contributed by atoms with Gasteiger partial charge in [0, 0.05) is 23.5 Å². The number of fused-ring (bicyclic) bond motifs is 1. The standard InChI is InChI=1S/C10H9NO.C5H5N/c1-7-5-6-8-3-2-4-9(12)10(8)11-7;1-2-4-6-5-3-1/h2-6,12H,1H3;1-5H. The third-order valence-corrected chi connectivity index (χ3v) is 2.40. The minimum atomic E-state index is 0.246. The zero-order chi connectivity index (χ0) is 12.8. The molecule has 3 aromatic rings. The van der Waals surface area contributed by atoms with E-state index in [-0.39, 0.29) is 5.75 Å². The molecule has 18 heavy (non-hydrogen) atoms. The van der Waals surface area contributed by atoms with Crippen molar-refractivity contribution in [1.29, 1.82) is 0 Å². The van der Waals surface area contributed by atoms with E-state index in [1.165, 1.54) is 0 Å². The number of para-hydroxylation sites is 1. The maximum absolute atomic E-state index is 9.43. The number of hydrogen-bond donors (Lipinski definition) is 1. The Morgan fingerprint density at radius 3 is 2.28 bits per heavy atom. The second-order valence-corrected chi connectivity index (χ2v) is 3.83. The maximum atomic E-state index is 9.43. The summed E-state index contributed by atoms with van der Waals surface area (Å²) in [5.74, 6) is 0.246. The lowest BCUT2D eigenvalue weighted by Gasteiger charge is -1.99. The van der Waals surface area contributed by atoms with Gasteiger partial charge in [-0.1, -0.05) is 24.3 Å². The molecule has 0 unspecified atom stereocenters. The molecule has 3 nitrogen and oxygen atoms in total. The minimum Gasteiger partial charge on any atom is -0.506 e. The van der Waals surface area contributed by atoms with Crippen LogP contribution in [0.25, 0.3) is 10.9 Å². The number of benzene rings is 1. The number of rotatable bonds is 0. The van der Waals surface area contributed by atoms with E-state index in [2.05, 4.69) is 9.97 Å². The van der Waals surface area contributed by atoms with Gasteiger partial charge in [-0.05, 0) is 31.2 Å². The third-order valence-electron chi connectivity index (χ3n) is 2.40. The zero-order valence-corrected chi connectivity index (χ0v) is 10.1. The molecule has 2 heterocycles. The van der Waals surface area contributed by atoms with Gasteiger partial charge in [0.15, 0.2) is 0 Å². The topological polar surface area (TPSA) is 46.0 Å². The van der Waals surface area contributed by atoms with Crippen LogP contribution in [0.4, 0.5) is 0 Å². The quantitative estimate of drug-likeness (QED) is 0.653. The Labute approximate surface area is 106 Å². The molecule has 3 heteroatoms. The molecule has 0 aliphatic heterocycles. The van der Waals surface area contributed by atoms with Crippen LogP contribution in [0.1, 0.15) is 5.69 Å². The van der Waals surface area contributed by atoms with Gasteiger partial charge in [-0.2, -0.15) is 0 Å². The summed E-state index contributed by atoms with van der Waals surface area (Å²) in [6, 6.07) is 15.0. The zero-order valence-electron chi connectivity index (χ0n) is 10.1. The van der Waals surface area contributed by atoms with Gasteiger partial charge in [0.25, 0.3) is 0 Å². The van der Waals surface area contributed by atoms with Gasteiger partial charge in [0.1, 0.15) is 11.3 Å². The molecule has 3 rings (SSSR count). The number of phenols is 1. The summed E-state index contributed by atoms with van der Waals surface area (Å²) < 4.78 is 0. The number of phenolic OH excluding ortho intramolecular Hbond substituents is 1. The molecular weight excluding hydrogens is 224 g/mol. The largest absolute Gasteiger partial charge is 0.506 e. The van der Waals surface area contributed by atoms with Crippen molar-refractivity contribution in [2.75, 3.05) is 0 Å². The first-order chi connectivity index (χ1) is 8.77. The molecule has 90 valence electrons. The van der Waals surface area contributed by atoms with Gasteiger partial charge in [0.05, 0.1) is 0 Å². The van der Waals surface area contributed by atoms with Gasteiger partial charge in [-0.3, -0.25) is 4.98 Å². The highest BCUT2D eigenvalue weighted by Gasteiger charge is 1.98. The summed E-state index contributed by atoms with van der Waals surface area (Å²) in [6.07, 6.45) is 3.50. The first kappa shape index (κ1) is 12.0. The fourth-order valence-corrected chi connectivity index (χ4v) is 1.54. The van der Waals surface area contributed by atoms with Crippen LogP contribution >= 0.6 is 0 Å². The molecule has 2 aromatic heterocycles. The number of pyridine rings is 2. The first-order valence-electron chi connectivity index (χ1n) is 5.68. The Hall–Kier alpha value is -2.42. The second-order valence-electron chi connectivity index (χ2n) is 3.83. The fourth-order valence-electron chi connectivity index (χ4n) is 1.54. The Bertz CT molecular complexity index is 597. The highest BCUT2D eigenvalue weighted by Crippen LogP contribution is 2.21. The number of aromatic hydroxyl groups is 1. The van der Waals surface area contributed by atoms with Crippen molar-refractivity contribution in [1.82, 2.24) is 9.97 Å². The van der Waals surface area contributed by atoms with Crippen molar-refractivity contribution in [3.8, 4) is 5.75 Å². The van der Waals surface area contributed by atoms with Crippen LogP contribution in [0.3, 0.4) is 0 Å². The second kappa shape index (κ2) is 5.77.